The lowest BCUT2D eigenvalue weighted by Crippen LogP contribution is -2.23. The fraction of sp³-hybridized carbons (Fsp3) is 1.00. The highest BCUT2D eigenvalue weighted by Gasteiger charge is 2.19. The third-order valence-electron chi connectivity index (χ3n) is 0.483. The van der Waals surface area contributed by atoms with Crippen molar-refractivity contribution in [3.63, 3.8) is 0 Å². The van der Waals surface area contributed by atoms with Crippen molar-refractivity contribution in [2.24, 2.45) is 0 Å². The smallest absolute Gasteiger partial charge is 0.284 e. The Labute approximate surface area is 79.8 Å². The molecule has 0 aromatic rings. The van der Waals surface area contributed by atoms with Crippen LogP contribution in [0.15, 0.2) is 0 Å². The molecule has 0 aliphatic rings. The molecule has 0 saturated carbocycles. The predicted molar refractivity (Wildman–Crippen MR) is 39.4 cm³/mol. The van der Waals surface area contributed by atoms with Gasteiger partial charge in [0.15, 0.2) is 0 Å². The highest BCUT2D eigenvalue weighted by atomic mass is 32.2. The van der Waals surface area contributed by atoms with Gasteiger partial charge in [0.25, 0.3) is 0 Å². The van der Waals surface area contributed by atoms with E-state index in [-0.39, 0.29) is 0 Å². The lowest BCUT2D eigenvalue weighted by molar-refractivity contribution is -0.130. The van der Waals surface area contributed by atoms with Gasteiger partial charge in [0.1, 0.15) is 0 Å². The van der Waals surface area contributed by atoms with Crippen molar-refractivity contribution < 1.29 is 38.8 Å². The minimum absolute atomic E-state index is 2.19. The molecule has 0 aromatic carbocycles. The van der Waals surface area contributed by atoms with Crippen LogP contribution in [0.25, 0.3) is 0 Å². The van der Waals surface area contributed by atoms with Crippen LogP contribution in [0, 0.1) is 0 Å². The van der Waals surface area contributed by atoms with Crippen LogP contribution in [0.1, 0.15) is 0 Å². The molecule has 0 rings (SSSR count). The van der Waals surface area contributed by atoms with Gasteiger partial charge in [0.2, 0.25) is 0 Å². The Kier molecular flexibility index (Phi) is 6.74. The lowest BCUT2D eigenvalue weighted by atomic mass is 11.4. The molecule has 0 radical (unpaired) electrons. The summed E-state index contributed by atoms with van der Waals surface area (Å²) in [4.78, 5) is 0. The van der Waals surface area contributed by atoms with Crippen molar-refractivity contribution in [3.05, 3.63) is 0 Å². The summed E-state index contributed by atoms with van der Waals surface area (Å²) in [5.41, 5.74) is 0. The molecule has 0 aliphatic carbocycles. The number of rotatable bonds is 6. The largest absolute Gasteiger partial charge is 0.316 e. The maximum absolute atomic E-state index is 9.94. The number of hydrogen-bond donors (Lipinski definition) is 3. The summed E-state index contributed by atoms with van der Waals surface area (Å²) in [6, 6.07) is 0. The molecule has 0 aromatic heterocycles. The van der Waals surface area contributed by atoms with Crippen molar-refractivity contribution in [1.82, 2.24) is 0 Å². The molecule has 3 atom stereocenters. The van der Waals surface area contributed by atoms with Gasteiger partial charge < -0.3 is 0 Å². The normalized spacial score (nSPS) is 20.5. The van der Waals surface area contributed by atoms with Crippen molar-refractivity contribution in [3.8, 4) is 0 Å². The first-order valence-electron chi connectivity index (χ1n) is 2.25. The molecule has 13 heavy (non-hydrogen) atoms. The summed E-state index contributed by atoms with van der Waals surface area (Å²) < 4.78 is 65.3. The van der Waals surface area contributed by atoms with Crippen molar-refractivity contribution >= 4 is 34.1 Å². The molecule has 0 amide bonds. The maximum Gasteiger partial charge on any atom is 0.316 e. The van der Waals surface area contributed by atoms with Crippen LogP contribution in [-0.4, -0.2) is 32.8 Å². The van der Waals surface area contributed by atoms with Gasteiger partial charge in [-0.25, -0.2) is 12.5 Å². The van der Waals surface area contributed by atoms with E-state index >= 15 is 0 Å². The van der Waals surface area contributed by atoms with Crippen LogP contribution < -0.4 is 0 Å². The van der Waals surface area contributed by atoms with Gasteiger partial charge in [0.05, 0.1) is 0 Å². The molecule has 12 heteroatoms. The highest BCUT2D eigenvalue weighted by molar-refractivity contribution is 7.75. The van der Waals surface area contributed by atoms with E-state index < -0.39 is 40.6 Å². The topological polar surface area (TPSA) is 140 Å². The van der Waals surface area contributed by atoms with Gasteiger partial charge in [-0.2, -0.15) is 12.6 Å². The van der Waals surface area contributed by atoms with Crippen LogP contribution >= 0.6 is 0 Å². The summed E-state index contributed by atoms with van der Waals surface area (Å²) >= 11 is -8.61. The Bertz CT molecular complexity index is 185. The molecular weight excluding hydrogens is 252 g/mol. The second-order valence-electron chi connectivity index (χ2n) is 1.23. The second kappa shape index (κ2) is 6.63. The van der Waals surface area contributed by atoms with E-state index in [2.05, 4.69) is 12.5 Å². The number of hydrogen-bond acceptors (Lipinski definition) is 6. The molecule has 0 bridgehead atoms. The first-order chi connectivity index (χ1) is 5.91. The van der Waals surface area contributed by atoms with Gasteiger partial charge in [-0.05, 0) is 0 Å². The summed E-state index contributed by atoms with van der Waals surface area (Å²) in [5.74, 6) is 0. The minimum Gasteiger partial charge on any atom is -0.284 e. The van der Waals surface area contributed by atoms with Crippen molar-refractivity contribution in [1.29, 1.82) is 0 Å². The van der Waals surface area contributed by atoms with Crippen molar-refractivity contribution in [2.45, 2.75) is 6.48 Å². The first-order valence-corrected chi connectivity index (χ1v) is 5.35. The average Bonchev–Trinajstić information content (AvgIpc) is 1.80. The van der Waals surface area contributed by atoms with Crippen molar-refractivity contribution in [2.75, 3.05) is 0 Å². The summed E-state index contributed by atoms with van der Waals surface area (Å²) in [6.07, 6.45) is 0. The van der Waals surface area contributed by atoms with Gasteiger partial charge in [-0.1, -0.05) is 0 Å². The van der Waals surface area contributed by atoms with E-state index in [1.807, 2.05) is 0 Å². The Morgan fingerprint density at radius 3 is 1.15 bits per heavy atom. The quantitative estimate of drug-likeness (QED) is 0.392. The molecule has 3 N–H and O–H groups in total. The van der Waals surface area contributed by atoms with Crippen LogP contribution in [0.3, 0.4) is 0 Å². The van der Waals surface area contributed by atoms with Gasteiger partial charge in [-0.15, -0.1) is 0 Å². The van der Waals surface area contributed by atoms with E-state index in [9.17, 15) is 12.6 Å². The minimum atomic E-state index is -2.87. The van der Waals surface area contributed by atoms with Crippen LogP contribution in [0.2, 0.25) is 0 Å². The van der Waals surface area contributed by atoms with E-state index in [0.717, 1.165) is 0 Å². The molecule has 0 fully saturated rings. The fourth-order valence-corrected chi connectivity index (χ4v) is 1.04. The molecule has 0 heterocycles. The van der Waals surface area contributed by atoms with E-state index in [1.54, 1.807) is 0 Å². The zero-order valence-corrected chi connectivity index (χ0v) is 8.04. The molecule has 3 unspecified atom stereocenters. The van der Waals surface area contributed by atoms with Gasteiger partial charge >= 0.3 is 40.6 Å². The summed E-state index contributed by atoms with van der Waals surface area (Å²) in [7, 11) is 0. The maximum atomic E-state index is 9.94. The standard InChI is InChI=1S/CH4O9S3/c2-11(3)8-1(9-12(4)5)10-13(6)7/h1H,(H,2,3)(H,4,5)(H,6,7). The zero-order valence-electron chi connectivity index (χ0n) is 5.59. The zero-order chi connectivity index (χ0) is 10.4. The summed E-state index contributed by atoms with van der Waals surface area (Å²) in [6.45, 7) is -2.19. The molecular formula is CH4O9S3. The van der Waals surface area contributed by atoms with Crippen LogP contribution in [-0.2, 0) is 46.6 Å². The third-order valence-corrected chi connectivity index (χ3v) is 1.45. The fourth-order valence-electron chi connectivity index (χ4n) is 0.250. The average molecular weight is 256 g/mol. The predicted octanol–water partition coefficient (Wildman–Crippen LogP) is -1.27. The molecule has 0 spiro atoms. The summed E-state index contributed by atoms with van der Waals surface area (Å²) in [5, 5.41) is 0. The third kappa shape index (κ3) is 8.54. The lowest BCUT2D eigenvalue weighted by Gasteiger charge is -2.09. The Balaban J connectivity index is 4.10. The first kappa shape index (κ1) is 13.2. The Morgan fingerprint density at radius 1 is 0.769 bits per heavy atom. The van der Waals surface area contributed by atoms with Crippen LogP contribution in [0.5, 0.6) is 0 Å². The monoisotopic (exact) mass is 256 g/mol. The van der Waals surface area contributed by atoms with Gasteiger partial charge in [-0.3, -0.25) is 13.7 Å². The molecule has 80 valence electrons. The Morgan fingerprint density at radius 2 is 1.00 bits per heavy atom. The van der Waals surface area contributed by atoms with E-state index in [4.69, 9.17) is 13.7 Å². The molecule has 0 saturated heterocycles. The van der Waals surface area contributed by atoms with Gasteiger partial charge in [0, 0.05) is 0 Å². The van der Waals surface area contributed by atoms with Crippen LogP contribution in [0.4, 0.5) is 0 Å². The molecule has 0 aliphatic heterocycles. The second-order valence-corrected chi connectivity index (χ2v) is 3.11. The van der Waals surface area contributed by atoms with E-state index in [0.29, 0.717) is 0 Å². The molecule has 9 nitrogen and oxygen atoms in total. The SMILES string of the molecule is O=S(O)OC(OS(=O)O)OS(=O)O. The highest BCUT2D eigenvalue weighted by Crippen LogP contribution is 2.02. The Hall–Kier alpha value is 0.210. The van der Waals surface area contributed by atoms with E-state index in [1.165, 1.54) is 0 Å².